The van der Waals surface area contributed by atoms with Gasteiger partial charge in [-0.25, -0.2) is 4.68 Å². The van der Waals surface area contributed by atoms with Crippen LogP contribution in [-0.4, -0.2) is 40.2 Å². The molecule has 1 amide bonds. The maximum Gasteiger partial charge on any atom is 0.276 e. The Hall–Kier alpha value is -2.47. The number of nitrogens with zero attached hydrogens (tertiary/aromatic N) is 3. The van der Waals surface area contributed by atoms with Gasteiger partial charge in [-0.05, 0) is 56.3 Å². The van der Waals surface area contributed by atoms with Gasteiger partial charge in [-0.3, -0.25) is 9.59 Å². The molecule has 0 saturated heterocycles. The molecule has 1 heterocycles. The average molecular weight is 342 g/mol. The first kappa shape index (κ1) is 18.9. The summed E-state index contributed by atoms with van der Waals surface area (Å²) >= 11 is 0. The number of likely N-dealkylation sites (N-methyl/N-ethyl adjacent to an activating group) is 1. The summed E-state index contributed by atoms with van der Waals surface area (Å²) in [4.78, 5) is 26.6. The Balaban J connectivity index is 2.13. The SMILES string of the molecule is CCN(CC)CCn1nc(C(=O)Nc2ccc(C)c(C)c2)ccc1=O. The number of carbonyl (C=O) groups excluding carboxylic acids is 1. The highest BCUT2D eigenvalue weighted by atomic mass is 16.2. The Kier molecular flexibility index (Phi) is 6.47. The van der Waals surface area contributed by atoms with E-state index < -0.39 is 0 Å². The van der Waals surface area contributed by atoms with E-state index in [9.17, 15) is 9.59 Å². The third-order valence-corrected chi connectivity index (χ3v) is 4.39. The molecule has 0 aliphatic heterocycles. The molecule has 2 aromatic rings. The Morgan fingerprint density at radius 3 is 2.48 bits per heavy atom. The third-order valence-electron chi connectivity index (χ3n) is 4.39. The molecule has 1 aromatic carbocycles. The predicted octanol–water partition coefficient (Wildman–Crippen LogP) is 2.45. The van der Waals surface area contributed by atoms with E-state index in [1.807, 2.05) is 32.0 Å². The van der Waals surface area contributed by atoms with Crippen LogP contribution in [0.4, 0.5) is 5.69 Å². The summed E-state index contributed by atoms with van der Waals surface area (Å²) in [6.45, 7) is 11.2. The lowest BCUT2D eigenvalue weighted by molar-refractivity contribution is 0.101. The van der Waals surface area contributed by atoms with E-state index in [0.29, 0.717) is 6.54 Å². The fourth-order valence-corrected chi connectivity index (χ4v) is 2.52. The summed E-state index contributed by atoms with van der Waals surface area (Å²) in [5.41, 5.74) is 3.03. The molecule has 6 heteroatoms. The topological polar surface area (TPSA) is 67.2 Å². The Bertz CT molecular complexity index is 794. The summed E-state index contributed by atoms with van der Waals surface area (Å²) < 4.78 is 1.35. The zero-order chi connectivity index (χ0) is 18.4. The summed E-state index contributed by atoms with van der Waals surface area (Å²) in [7, 11) is 0. The number of anilines is 1. The lowest BCUT2D eigenvalue weighted by Gasteiger charge is -2.18. The van der Waals surface area contributed by atoms with Crippen molar-refractivity contribution in [3.8, 4) is 0 Å². The Morgan fingerprint density at radius 2 is 1.84 bits per heavy atom. The van der Waals surface area contributed by atoms with Gasteiger partial charge in [-0.15, -0.1) is 0 Å². The van der Waals surface area contributed by atoms with Crippen LogP contribution < -0.4 is 10.9 Å². The molecule has 2 rings (SSSR count). The van der Waals surface area contributed by atoms with E-state index in [1.165, 1.54) is 22.4 Å². The van der Waals surface area contributed by atoms with Crippen molar-refractivity contribution in [1.82, 2.24) is 14.7 Å². The number of aromatic nitrogens is 2. The van der Waals surface area contributed by atoms with Gasteiger partial charge in [0.15, 0.2) is 0 Å². The van der Waals surface area contributed by atoms with Crippen molar-refractivity contribution in [3.05, 3.63) is 57.5 Å². The normalized spacial score (nSPS) is 10.9. The maximum absolute atomic E-state index is 12.4. The van der Waals surface area contributed by atoms with Gasteiger partial charge >= 0.3 is 0 Å². The molecular formula is C19H26N4O2. The van der Waals surface area contributed by atoms with E-state index in [0.717, 1.165) is 30.9 Å². The van der Waals surface area contributed by atoms with Gasteiger partial charge in [0.05, 0.1) is 6.54 Å². The van der Waals surface area contributed by atoms with Crippen molar-refractivity contribution in [2.75, 3.05) is 25.0 Å². The van der Waals surface area contributed by atoms with Crippen LogP contribution in [-0.2, 0) is 6.54 Å². The fourth-order valence-electron chi connectivity index (χ4n) is 2.52. The molecule has 0 spiro atoms. The van der Waals surface area contributed by atoms with E-state index in [-0.39, 0.29) is 17.2 Å². The lowest BCUT2D eigenvalue weighted by atomic mass is 10.1. The number of aryl methyl sites for hydroxylation is 2. The first-order valence-electron chi connectivity index (χ1n) is 8.63. The Labute approximate surface area is 148 Å². The monoisotopic (exact) mass is 342 g/mol. The van der Waals surface area contributed by atoms with Crippen LogP contribution >= 0.6 is 0 Å². The van der Waals surface area contributed by atoms with Gasteiger partial charge in [-0.2, -0.15) is 5.10 Å². The molecule has 0 radical (unpaired) electrons. The van der Waals surface area contributed by atoms with Crippen molar-refractivity contribution in [1.29, 1.82) is 0 Å². The van der Waals surface area contributed by atoms with Crippen LogP contribution in [0.2, 0.25) is 0 Å². The number of hydrogen-bond donors (Lipinski definition) is 1. The standard InChI is InChI=1S/C19H26N4O2/c1-5-22(6-2)11-12-23-18(24)10-9-17(21-23)19(25)20-16-8-7-14(3)15(4)13-16/h7-10,13H,5-6,11-12H2,1-4H3,(H,20,25). The van der Waals surface area contributed by atoms with Crippen molar-refractivity contribution >= 4 is 11.6 Å². The number of carbonyl (C=O) groups is 1. The second-order valence-corrected chi connectivity index (χ2v) is 6.06. The molecule has 1 aromatic heterocycles. The molecule has 0 unspecified atom stereocenters. The Morgan fingerprint density at radius 1 is 1.12 bits per heavy atom. The van der Waals surface area contributed by atoms with Crippen molar-refractivity contribution < 1.29 is 4.79 Å². The van der Waals surface area contributed by atoms with Crippen molar-refractivity contribution in [2.24, 2.45) is 0 Å². The molecule has 0 saturated carbocycles. The lowest BCUT2D eigenvalue weighted by Crippen LogP contribution is -2.33. The zero-order valence-electron chi connectivity index (χ0n) is 15.4. The van der Waals surface area contributed by atoms with Gasteiger partial charge in [0.25, 0.3) is 11.5 Å². The van der Waals surface area contributed by atoms with E-state index in [2.05, 4.69) is 29.2 Å². The van der Waals surface area contributed by atoms with Crippen molar-refractivity contribution in [3.63, 3.8) is 0 Å². The van der Waals surface area contributed by atoms with Gasteiger partial charge < -0.3 is 10.2 Å². The summed E-state index contributed by atoms with van der Waals surface area (Å²) in [5.74, 6) is -0.320. The van der Waals surface area contributed by atoms with Gasteiger partial charge in [0.2, 0.25) is 0 Å². The molecular weight excluding hydrogens is 316 g/mol. The predicted molar refractivity (Wildman–Crippen MR) is 100 cm³/mol. The molecule has 6 nitrogen and oxygen atoms in total. The maximum atomic E-state index is 12.4. The summed E-state index contributed by atoms with van der Waals surface area (Å²) in [6, 6.07) is 8.60. The number of amides is 1. The highest BCUT2D eigenvalue weighted by Crippen LogP contribution is 2.14. The third kappa shape index (κ3) is 5.00. The van der Waals surface area contributed by atoms with Gasteiger partial charge in [-0.1, -0.05) is 19.9 Å². The number of nitrogens with one attached hydrogen (secondary N) is 1. The second-order valence-electron chi connectivity index (χ2n) is 6.06. The molecule has 0 atom stereocenters. The molecule has 0 aliphatic carbocycles. The van der Waals surface area contributed by atoms with Crippen LogP contribution in [0.5, 0.6) is 0 Å². The molecule has 134 valence electrons. The first-order valence-corrected chi connectivity index (χ1v) is 8.63. The fraction of sp³-hybridized carbons (Fsp3) is 0.421. The second kappa shape index (κ2) is 8.58. The largest absolute Gasteiger partial charge is 0.321 e. The summed E-state index contributed by atoms with van der Waals surface area (Å²) in [5, 5.41) is 7.05. The zero-order valence-corrected chi connectivity index (χ0v) is 15.4. The van der Waals surface area contributed by atoms with Crippen molar-refractivity contribution in [2.45, 2.75) is 34.2 Å². The van der Waals surface area contributed by atoms with Crippen LogP contribution in [0.25, 0.3) is 0 Å². The molecule has 0 aliphatic rings. The first-order chi connectivity index (χ1) is 11.9. The quantitative estimate of drug-likeness (QED) is 0.839. The minimum Gasteiger partial charge on any atom is -0.321 e. The number of hydrogen-bond acceptors (Lipinski definition) is 4. The summed E-state index contributed by atoms with van der Waals surface area (Å²) in [6.07, 6.45) is 0. The molecule has 25 heavy (non-hydrogen) atoms. The molecule has 0 bridgehead atoms. The van der Waals surface area contributed by atoms with Gasteiger partial charge in [0.1, 0.15) is 5.69 Å². The molecule has 0 fully saturated rings. The highest BCUT2D eigenvalue weighted by molar-refractivity contribution is 6.02. The number of rotatable bonds is 7. The van der Waals surface area contributed by atoms with E-state index in [4.69, 9.17) is 0 Å². The van der Waals surface area contributed by atoms with Crippen LogP contribution in [0.3, 0.4) is 0 Å². The minimum atomic E-state index is -0.320. The van der Waals surface area contributed by atoms with Crippen LogP contribution in [0.15, 0.2) is 35.1 Å². The van der Waals surface area contributed by atoms with Crippen LogP contribution in [0, 0.1) is 13.8 Å². The molecule has 1 N–H and O–H groups in total. The van der Waals surface area contributed by atoms with Crippen LogP contribution in [0.1, 0.15) is 35.5 Å². The van der Waals surface area contributed by atoms with E-state index >= 15 is 0 Å². The van der Waals surface area contributed by atoms with E-state index in [1.54, 1.807) is 0 Å². The minimum absolute atomic E-state index is 0.199. The highest BCUT2D eigenvalue weighted by Gasteiger charge is 2.11. The average Bonchev–Trinajstić information content (AvgIpc) is 2.60. The van der Waals surface area contributed by atoms with Gasteiger partial charge in [0, 0.05) is 18.3 Å². The number of benzene rings is 1. The smallest absolute Gasteiger partial charge is 0.276 e.